The summed E-state index contributed by atoms with van der Waals surface area (Å²) in [5, 5.41) is 3.94. The van der Waals surface area contributed by atoms with Crippen LogP contribution in [0.3, 0.4) is 0 Å². The van der Waals surface area contributed by atoms with E-state index in [0.29, 0.717) is 41.3 Å². The Labute approximate surface area is 244 Å². The van der Waals surface area contributed by atoms with Gasteiger partial charge in [0.2, 0.25) is 0 Å². The van der Waals surface area contributed by atoms with Crippen molar-refractivity contribution in [2.75, 3.05) is 18.0 Å². The van der Waals surface area contributed by atoms with Crippen LogP contribution in [0.1, 0.15) is 46.8 Å². The van der Waals surface area contributed by atoms with Crippen LogP contribution in [0.2, 0.25) is 5.15 Å². The van der Waals surface area contributed by atoms with Crippen molar-refractivity contribution in [1.82, 2.24) is 15.3 Å². The number of anilines is 1. The molecule has 5 rings (SSSR count). The Morgan fingerprint density at radius 3 is 2.27 bits per heavy atom. The molecule has 1 amide bonds. The van der Waals surface area contributed by atoms with E-state index in [0.717, 1.165) is 35.3 Å². The van der Waals surface area contributed by atoms with E-state index in [9.17, 15) is 9.59 Å². The van der Waals surface area contributed by atoms with E-state index in [1.165, 1.54) is 11.8 Å². The van der Waals surface area contributed by atoms with Crippen LogP contribution in [-0.4, -0.2) is 34.7 Å². The summed E-state index contributed by atoms with van der Waals surface area (Å²) in [7, 11) is 0. The third-order valence-corrected chi connectivity index (χ3v) is 8.57. The molecule has 4 aromatic rings. The van der Waals surface area contributed by atoms with Crippen molar-refractivity contribution in [3.8, 4) is 0 Å². The summed E-state index contributed by atoms with van der Waals surface area (Å²) >= 11 is 7.89. The van der Waals surface area contributed by atoms with Gasteiger partial charge in [-0.3, -0.25) is 9.59 Å². The number of thioether (sulfide) groups is 1. The molecule has 0 aliphatic carbocycles. The molecular formula is C32H31ClN4O2S. The lowest BCUT2D eigenvalue weighted by atomic mass is 9.70. The molecule has 2 heterocycles. The van der Waals surface area contributed by atoms with E-state index < -0.39 is 5.41 Å². The maximum absolute atomic E-state index is 12.8. The normalized spacial score (nSPS) is 14.5. The monoisotopic (exact) mass is 570 g/mol. The van der Waals surface area contributed by atoms with E-state index in [1.807, 2.05) is 72.8 Å². The Morgan fingerprint density at radius 1 is 0.900 bits per heavy atom. The van der Waals surface area contributed by atoms with Crippen molar-refractivity contribution in [3.63, 3.8) is 0 Å². The first-order valence-electron chi connectivity index (χ1n) is 13.3. The fourth-order valence-electron chi connectivity index (χ4n) is 5.16. The zero-order valence-electron chi connectivity index (χ0n) is 22.3. The van der Waals surface area contributed by atoms with Gasteiger partial charge in [-0.2, -0.15) is 0 Å². The number of Topliss-reactive ketones (excluding diaryl/α,β-unsaturated/α-hetero) is 1. The summed E-state index contributed by atoms with van der Waals surface area (Å²) in [5.74, 6) is 1.45. The van der Waals surface area contributed by atoms with Crippen LogP contribution in [0.5, 0.6) is 0 Å². The van der Waals surface area contributed by atoms with Crippen LogP contribution in [0.25, 0.3) is 0 Å². The molecule has 40 heavy (non-hydrogen) atoms. The number of aromatic nitrogens is 2. The molecule has 0 atom stereocenters. The van der Waals surface area contributed by atoms with Crippen LogP contribution >= 0.6 is 23.4 Å². The Kier molecular flexibility index (Phi) is 8.82. The molecule has 0 saturated carbocycles. The number of carbonyl (C=O) groups is 2. The van der Waals surface area contributed by atoms with Gasteiger partial charge >= 0.3 is 0 Å². The topological polar surface area (TPSA) is 75.2 Å². The molecule has 1 saturated heterocycles. The van der Waals surface area contributed by atoms with Gasteiger partial charge in [-0.15, -0.1) is 0 Å². The lowest BCUT2D eigenvalue weighted by Gasteiger charge is -2.41. The van der Waals surface area contributed by atoms with Gasteiger partial charge < -0.3 is 10.2 Å². The third kappa shape index (κ3) is 6.54. The van der Waals surface area contributed by atoms with Crippen molar-refractivity contribution in [1.29, 1.82) is 0 Å². The first-order valence-corrected chi connectivity index (χ1v) is 14.7. The van der Waals surface area contributed by atoms with Crippen LogP contribution < -0.4 is 10.2 Å². The van der Waals surface area contributed by atoms with Crippen molar-refractivity contribution in [3.05, 3.63) is 118 Å². The van der Waals surface area contributed by atoms with E-state index >= 15 is 0 Å². The Hall–Kier alpha value is -3.68. The lowest BCUT2D eigenvalue weighted by Crippen LogP contribution is -2.47. The minimum absolute atomic E-state index is 0.112. The number of halogens is 1. The zero-order valence-corrected chi connectivity index (χ0v) is 23.9. The van der Waals surface area contributed by atoms with Crippen LogP contribution in [0.15, 0.2) is 96.2 Å². The molecule has 0 unspecified atom stereocenters. The standard InChI is InChI=1S/C32H31ClN4O2S/c1-23(38)32(27-13-6-3-7-14-27)15-17-37(18-16-32)29-20-28(33)35-31(36-29)40-22-25-11-8-12-26(19-25)30(39)34-21-24-9-4-2-5-10-24/h2-14,19-20H,15-18,21-22H2,1H3,(H,34,39). The molecule has 0 bridgehead atoms. The summed E-state index contributed by atoms with van der Waals surface area (Å²) in [6.07, 6.45) is 1.44. The number of amides is 1. The van der Waals surface area contributed by atoms with E-state index in [4.69, 9.17) is 16.6 Å². The molecule has 204 valence electrons. The Morgan fingerprint density at radius 2 is 1.57 bits per heavy atom. The summed E-state index contributed by atoms with van der Waals surface area (Å²) in [4.78, 5) is 36.9. The minimum atomic E-state index is -0.468. The first-order chi connectivity index (χ1) is 19.4. The second-order valence-electron chi connectivity index (χ2n) is 9.98. The fourth-order valence-corrected chi connectivity index (χ4v) is 6.19. The smallest absolute Gasteiger partial charge is 0.251 e. The predicted octanol–water partition coefficient (Wildman–Crippen LogP) is 6.48. The Balaban J connectivity index is 1.22. The van der Waals surface area contributed by atoms with Crippen molar-refractivity contribution in [2.24, 2.45) is 0 Å². The molecule has 1 fully saturated rings. The molecule has 0 spiro atoms. The van der Waals surface area contributed by atoms with Gasteiger partial charge in [-0.05, 0) is 48.6 Å². The molecule has 1 aliphatic heterocycles. The van der Waals surface area contributed by atoms with Gasteiger partial charge in [0.25, 0.3) is 5.91 Å². The zero-order chi connectivity index (χ0) is 28.0. The number of piperidine rings is 1. The summed E-state index contributed by atoms with van der Waals surface area (Å²) in [5.41, 5.74) is 3.27. The van der Waals surface area contributed by atoms with Gasteiger partial charge in [-0.1, -0.05) is 96.2 Å². The van der Waals surface area contributed by atoms with Gasteiger partial charge in [0.1, 0.15) is 16.8 Å². The number of carbonyl (C=O) groups excluding carboxylic acids is 2. The van der Waals surface area contributed by atoms with Crippen LogP contribution in [0.4, 0.5) is 5.82 Å². The second kappa shape index (κ2) is 12.7. The summed E-state index contributed by atoms with van der Waals surface area (Å²) in [6.45, 7) is 3.58. The number of ketones is 1. The highest BCUT2D eigenvalue weighted by atomic mass is 35.5. The highest BCUT2D eigenvalue weighted by Crippen LogP contribution is 2.38. The maximum atomic E-state index is 12.8. The molecule has 3 aromatic carbocycles. The maximum Gasteiger partial charge on any atom is 0.251 e. The number of benzene rings is 3. The SMILES string of the molecule is CC(=O)C1(c2ccccc2)CCN(c2cc(Cl)nc(SCc3cccc(C(=O)NCc4ccccc4)c3)n2)CC1. The van der Waals surface area contributed by atoms with Crippen LogP contribution in [0, 0.1) is 0 Å². The van der Waals surface area contributed by atoms with E-state index in [1.54, 1.807) is 13.0 Å². The molecule has 0 radical (unpaired) electrons. The quantitative estimate of drug-likeness (QED) is 0.141. The molecule has 1 aliphatic rings. The van der Waals surface area contributed by atoms with Gasteiger partial charge in [0.15, 0.2) is 5.16 Å². The second-order valence-corrected chi connectivity index (χ2v) is 11.3. The van der Waals surface area contributed by atoms with E-state index in [-0.39, 0.29) is 11.7 Å². The van der Waals surface area contributed by atoms with Gasteiger partial charge in [0.05, 0.1) is 5.41 Å². The molecule has 1 aromatic heterocycles. The average molecular weight is 571 g/mol. The van der Waals surface area contributed by atoms with Gasteiger partial charge in [0, 0.05) is 37.0 Å². The molecular weight excluding hydrogens is 540 g/mol. The highest BCUT2D eigenvalue weighted by Gasteiger charge is 2.40. The molecule has 1 N–H and O–H groups in total. The third-order valence-electron chi connectivity index (χ3n) is 7.46. The summed E-state index contributed by atoms with van der Waals surface area (Å²) in [6, 6.07) is 29.3. The minimum Gasteiger partial charge on any atom is -0.356 e. The highest BCUT2D eigenvalue weighted by molar-refractivity contribution is 7.98. The molecule has 8 heteroatoms. The first kappa shape index (κ1) is 27.9. The molecule has 6 nitrogen and oxygen atoms in total. The van der Waals surface area contributed by atoms with Crippen LogP contribution in [-0.2, 0) is 22.5 Å². The number of nitrogens with one attached hydrogen (secondary N) is 1. The summed E-state index contributed by atoms with van der Waals surface area (Å²) < 4.78 is 0. The fraction of sp³-hybridized carbons (Fsp3) is 0.250. The van der Waals surface area contributed by atoms with E-state index in [2.05, 4.69) is 27.3 Å². The number of hydrogen-bond acceptors (Lipinski definition) is 6. The lowest BCUT2D eigenvalue weighted by molar-refractivity contribution is -0.123. The number of rotatable bonds is 9. The number of nitrogens with zero attached hydrogens (tertiary/aromatic N) is 3. The van der Waals surface area contributed by atoms with Crippen molar-refractivity contribution in [2.45, 2.75) is 42.6 Å². The van der Waals surface area contributed by atoms with Gasteiger partial charge in [-0.25, -0.2) is 9.97 Å². The average Bonchev–Trinajstić information content (AvgIpc) is 2.99. The van der Waals surface area contributed by atoms with Crippen molar-refractivity contribution >= 4 is 40.9 Å². The predicted molar refractivity (Wildman–Crippen MR) is 161 cm³/mol. The number of hydrogen-bond donors (Lipinski definition) is 1. The van der Waals surface area contributed by atoms with Crippen molar-refractivity contribution < 1.29 is 9.59 Å². The largest absolute Gasteiger partial charge is 0.356 e. The Bertz CT molecular complexity index is 1480.